The molecule has 1 aromatic carbocycles. The molecule has 1 aromatic rings. The second-order valence-electron chi connectivity index (χ2n) is 5.94. The summed E-state index contributed by atoms with van der Waals surface area (Å²) in [7, 11) is 0. The zero-order valence-corrected chi connectivity index (χ0v) is 11.3. The van der Waals surface area contributed by atoms with Crippen LogP contribution < -0.4 is 10.5 Å². The Bertz CT molecular complexity index is 478. The number of likely N-dealkylation sites (tertiary alicyclic amines) is 1. The van der Waals surface area contributed by atoms with Gasteiger partial charge >= 0.3 is 0 Å². The van der Waals surface area contributed by atoms with Crippen LogP contribution in [0.4, 0.5) is 0 Å². The highest BCUT2D eigenvalue weighted by Gasteiger charge is 2.39. The van der Waals surface area contributed by atoms with Gasteiger partial charge in [-0.25, -0.2) is 0 Å². The van der Waals surface area contributed by atoms with Crippen molar-refractivity contribution in [3.63, 3.8) is 0 Å². The van der Waals surface area contributed by atoms with Gasteiger partial charge in [-0.1, -0.05) is 25.1 Å². The molecule has 0 saturated carbocycles. The van der Waals surface area contributed by atoms with E-state index >= 15 is 0 Å². The van der Waals surface area contributed by atoms with Gasteiger partial charge in [0.2, 0.25) is 0 Å². The van der Waals surface area contributed by atoms with Crippen LogP contribution in [0.5, 0.6) is 5.75 Å². The Morgan fingerprint density at radius 1 is 1.53 bits per heavy atom. The highest BCUT2D eigenvalue weighted by atomic mass is 16.5. The lowest BCUT2D eigenvalue weighted by molar-refractivity contribution is -0.137. The van der Waals surface area contributed by atoms with Gasteiger partial charge in [0.1, 0.15) is 5.75 Å². The summed E-state index contributed by atoms with van der Waals surface area (Å²) in [6.07, 6.45) is 1.32. The van der Waals surface area contributed by atoms with Crippen LogP contribution in [-0.2, 0) is 11.2 Å². The van der Waals surface area contributed by atoms with Gasteiger partial charge in [0, 0.05) is 19.5 Å². The third-order valence-electron chi connectivity index (χ3n) is 4.28. The van der Waals surface area contributed by atoms with Crippen molar-refractivity contribution in [1.29, 1.82) is 0 Å². The van der Waals surface area contributed by atoms with Crippen LogP contribution in [-0.4, -0.2) is 36.5 Å². The lowest BCUT2D eigenvalue weighted by Crippen LogP contribution is -2.41. The van der Waals surface area contributed by atoms with E-state index in [0.717, 1.165) is 30.8 Å². The number of hydrogen-bond donors (Lipinski definition) is 1. The zero-order chi connectivity index (χ0) is 13.5. The molecule has 2 N–H and O–H groups in total. The Kier molecular flexibility index (Phi) is 2.97. The van der Waals surface area contributed by atoms with Crippen molar-refractivity contribution in [3.05, 3.63) is 29.8 Å². The third kappa shape index (κ3) is 2.21. The molecule has 0 aliphatic carbocycles. The van der Waals surface area contributed by atoms with Crippen molar-refractivity contribution in [3.8, 4) is 5.75 Å². The Labute approximate surface area is 113 Å². The number of nitrogens with two attached hydrogens (primary N) is 1. The van der Waals surface area contributed by atoms with Crippen molar-refractivity contribution in [2.24, 2.45) is 11.1 Å². The van der Waals surface area contributed by atoms with E-state index in [0.29, 0.717) is 13.0 Å². The average Bonchev–Trinajstić information content (AvgIpc) is 3.02. The van der Waals surface area contributed by atoms with Gasteiger partial charge in [0.25, 0.3) is 5.91 Å². The largest absolute Gasteiger partial charge is 0.480 e. The smallest absolute Gasteiger partial charge is 0.264 e. The summed E-state index contributed by atoms with van der Waals surface area (Å²) < 4.78 is 5.76. The maximum Gasteiger partial charge on any atom is 0.264 e. The molecule has 2 aliphatic heterocycles. The predicted octanol–water partition coefficient (Wildman–Crippen LogP) is 1.19. The number of benzene rings is 1. The van der Waals surface area contributed by atoms with Crippen LogP contribution in [0.1, 0.15) is 18.9 Å². The maximum absolute atomic E-state index is 12.5. The fourth-order valence-corrected chi connectivity index (χ4v) is 2.90. The number of ether oxygens (including phenoxy) is 1. The minimum atomic E-state index is -0.350. The maximum atomic E-state index is 12.5. The van der Waals surface area contributed by atoms with Crippen molar-refractivity contribution in [2.75, 3.05) is 19.6 Å². The summed E-state index contributed by atoms with van der Waals surface area (Å²) in [4.78, 5) is 14.4. The van der Waals surface area contributed by atoms with E-state index in [1.807, 2.05) is 29.2 Å². The average molecular weight is 260 g/mol. The number of amides is 1. The number of rotatable bonds is 2. The van der Waals surface area contributed by atoms with E-state index in [2.05, 4.69) is 6.92 Å². The van der Waals surface area contributed by atoms with Crippen LogP contribution in [0.2, 0.25) is 0 Å². The molecule has 3 rings (SSSR count). The van der Waals surface area contributed by atoms with Crippen LogP contribution in [0.25, 0.3) is 0 Å². The second-order valence-corrected chi connectivity index (χ2v) is 5.94. The van der Waals surface area contributed by atoms with Gasteiger partial charge in [-0.05, 0) is 30.0 Å². The first-order valence-corrected chi connectivity index (χ1v) is 6.85. The number of para-hydroxylation sites is 1. The highest BCUT2D eigenvalue weighted by molar-refractivity contribution is 5.83. The zero-order valence-electron chi connectivity index (χ0n) is 11.3. The molecule has 102 valence electrons. The molecule has 19 heavy (non-hydrogen) atoms. The molecule has 0 spiro atoms. The fraction of sp³-hybridized carbons (Fsp3) is 0.533. The number of fused-ring (bicyclic) bond motifs is 1. The minimum Gasteiger partial charge on any atom is -0.480 e. The number of nitrogens with zero attached hydrogens (tertiary/aromatic N) is 1. The van der Waals surface area contributed by atoms with Crippen LogP contribution in [0.15, 0.2) is 24.3 Å². The molecule has 2 heterocycles. The van der Waals surface area contributed by atoms with Gasteiger partial charge in [-0.2, -0.15) is 0 Å². The van der Waals surface area contributed by atoms with Crippen molar-refractivity contribution >= 4 is 5.91 Å². The lowest BCUT2D eigenvalue weighted by Gasteiger charge is -2.24. The van der Waals surface area contributed by atoms with Gasteiger partial charge < -0.3 is 15.4 Å². The first-order chi connectivity index (χ1) is 9.11. The lowest BCUT2D eigenvalue weighted by atomic mass is 9.90. The quantitative estimate of drug-likeness (QED) is 0.869. The Balaban J connectivity index is 1.68. The molecular weight excluding hydrogens is 240 g/mol. The first kappa shape index (κ1) is 12.5. The molecule has 1 fully saturated rings. The Morgan fingerprint density at radius 3 is 3.00 bits per heavy atom. The van der Waals surface area contributed by atoms with E-state index in [1.165, 1.54) is 0 Å². The highest BCUT2D eigenvalue weighted by Crippen LogP contribution is 2.32. The van der Waals surface area contributed by atoms with Crippen molar-refractivity contribution < 1.29 is 9.53 Å². The molecule has 1 amide bonds. The monoisotopic (exact) mass is 260 g/mol. The van der Waals surface area contributed by atoms with Crippen LogP contribution >= 0.6 is 0 Å². The summed E-state index contributed by atoms with van der Waals surface area (Å²) in [5.41, 5.74) is 6.98. The molecule has 2 aliphatic rings. The molecule has 2 atom stereocenters. The van der Waals surface area contributed by atoms with Crippen LogP contribution in [0.3, 0.4) is 0 Å². The summed E-state index contributed by atoms with van der Waals surface area (Å²) in [6.45, 7) is 4.31. The van der Waals surface area contributed by atoms with E-state index in [9.17, 15) is 4.79 Å². The topological polar surface area (TPSA) is 55.6 Å². The summed E-state index contributed by atoms with van der Waals surface area (Å²) in [6, 6.07) is 7.87. The Hall–Kier alpha value is -1.55. The third-order valence-corrected chi connectivity index (χ3v) is 4.28. The molecule has 2 unspecified atom stereocenters. The number of hydrogen-bond acceptors (Lipinski definition) is 3. The van der Waals surface area contributed by atoms with Gasteiger partial charge in [-0.15, -0.1) is 0 Å². The SMILES string of the molecule is CC1(CN)CCN(C(=O)C2Cc3ccccc3O2)C1. The predicted molar refractivity (Wildman–Crippen MR) is 72.9 cm³/mol. The minimum absolute atomic E-state index is 0.0706. The molecule has 0 radical (unpaired) electrons. The Morgan fingerprint density at radius 2 is 2.32 bits per heavy atom. The van der Waals surface area contributed by atoms with Gasteiger partial charge in [0.05, 0.1) is 0 Å². The molecule has 1 saturated heterocycles. The van der Waals surface area contributed by atoms with Gasteiger partial charge in [-0.3, -0.25) is 4.79 Å². The van der Waals surface area contributed by atoms with E-state index in [1.54, 1.807) is 0 Å². The van der Waals surface area contributed by atoms with Crippen molar-refractivity contribution in [2.45, 2.75) is 25.9 Å². The van der Waals surface area contributed by atoms with Crippen molar-refractivity contribution in [1.82, 2.24) is 4.90 Å². The summed E-state index contributed by atoms with van der Waals surface area (Å²) in [5.74, 6) is 0.954. The molecule has 4 nitrogen and oxygen atoms in total. The fourth-order valence-electron chi connectivity index (χ4n) is 2.90. The normalized spacial score (nSPS) is 29.2. The van der Waals surface area contributed by atoms with Crippen LogP contribution in [0, 0.1) is 5.41 Å². The molecule has 0 aromatic heterocycles. The summed E-state index contributed by atoms with van der Waals surface area (Å²) in [5, 5.41) is 0. The standard InChI is InChI=1S/C15H20N2O2/c1-15(9-16)6-7-17(10-15)14(18)13-8-11-4-2-3-5-12(11)19-13/h2-5,13H,6-10,16H2,1H3. The van der Waals surface area contributed by atoms with E-state index in [-0.39, 0.29) is 17.4 Å². The van der Waals surface area contributed by atoms with E-state index < -0.39 is 0 Å². The first-order valence-electron chi connectivity index (χ1n) is 6.85. The molecule has 4 heteroatoms. The molecule has 0 bridgehead atoms. The van der Waals surface area contributed by atoms with E-state index in [4.69, 9.17) is 10.5 Å². The molecular formula is C15H20N2O2. The second kappa shape index (κ2) is 4.53. The number of carbonyl (C=O) groups excluding carboxylic acids is 1. The van der Waals surface area contributed by atoms with Gasteiger partial charge in [0.15, 0.2) is 6.10 Å². The summed E-state index contributed by atoms with van der Waals surface area (Å²) >= 11 is 0. The number of carbonyl (C=O) groups is 1.